The standard InChI is InChI=1S/C18H16ClN5OS/c1-2-25-14-6-4-13(5-7-14)24-22-16-8-3-12(9-17(16)23-24)20-10-15-11-21-18(19)26-15/h3-9,11,20H,2,10H2,1H3. The predicted molar refractivity (Wildman–Crippen MR) is 104 cm³/mol. The highest BCUT2D eigenvalue weighted by Gasteiger charge is 2.07. The third-order valence-corrected chi connectivity index (χ3v) is 4.87. The van der Waals surface area contributed by atoms with E-state index in [9.17, 15) is 0 Å². The number of hydrogen-bond acceptors (Lipinski definition) is 6. The summed E-state index contributed by atoms with van der Waals surface area (Å²) in [5.41, 5.74) is 3.52. The van der Waals surface area contributed by atoms with Crippen LogP contribution in [0.4, 0.5) is 5.69 Å². The molecular weight excluding hydrogens is 370 g/mol. The number of ether oxygens (including phenoxy) is 1. The first kappa shape index (κ1) is 16.8. The second-order valence-corrected chi connectivity index (χ2v) is 7.25. The average Bonchev–Trinajstić information content (AvgIpc) is 3.26. The molecule has 0 unspecified atom stereocenters. The van der Waals surface area contributed by atoms with E-state index in [4.69, 9.17) is 16.3 Å². The molecule has 26 heavy (non-hydrogen) atoms. The molecule has 0 atom stereocenters. The summed E-state index contributed by atoms with van der Waals surface area (Å²) in [6, 6.07) is 13.6. The summed E-state index contributed by atoms with van der Waals surface area (Å²) in [6.07, 6.45) is 1.78. The van der Waals surface area contributed by atoms with Crippen LogP contribution in [0.3, 0.4) is 0 Å². The Bertz CT molecular complexity index is 1030. The second kappa shape index (κ2) is 7.31. The minimum absolute atomic E-state index is 0.551. The van der Waals surface area contributed by atoms with Gasteiger partial charge in [0.1, 0.15) is 16.8 Å². The lowest BCUT2D eigenvalue weighted by Crippen LogP contribution is -1.98. The molecule has 1 N–H and O–H groups in total. The Morgan fingerprint density at radius 3 is 2.65 bits per heavy atom. The van der Waals surface area contributed by atoms with E-state index in [2.05, 4.69) is 20.5 Å². The van der Waals surface area contributed by atoms with Gasteiger partial charge in [0.15, 0.2) is 4.47 Å². The summed E-state index contributed by atoms with van der Waals surface area (Å²) >= 11 is 7.33. The van der Waals surface area contributed by atoms with Crippen LogP contribution in [-0.4, -0.2) is 26.6 Å². The highest BCUT2D eigenvalue weighted by molar-refractivity contribution is 7.15. The molecule has 0 saturated heterocycles. The number of benzene rings is 2. The minimum Gasteiger partial charge on any atom is -0.494 e. The molecule has 0 aliphatic rings. The van der Waals surface area contributed by atoms with Crippen molar-refractivity contribution in [1.82, 2.24) is 20.0 Å². The van der Waals surface area contributed by atoms with Crippen LogP contribution in [0.25, 0.3) is 16.7 Å². The molecule has 132 valence electrons. The molecule has 4 rings (SSSR count). The molecule has 6 nitrogen and oxygen atoms in total. The fourth-order valence-electron chi connectivity index (χ4n) is 2.54. The van der Waals surface area contributed by atoms with Gasteiger partial charge in [0.2, 0.25) is 0 Å². The van der Waals surface area contributed by atoms with Crippen molar-refractivity contribution in [3.05, 3.63) is 58.0 Å². The van der Waals surface area contributed by atoms with Gasteiger partial charge >= 0.3 is 0 Å². The van der Waals surface area contributed by atoms with Gasteiger partial charge in [-0.05, 0) is 49.4 Å². The van der Waals surface area contributed by atoms with Crippen LogP contribution in [0.1, 0.15) is 11.8 Å². The monoisotopic (exact) mass is 385 g/mol. The van der Waals surface area contributed by atoms with E-state index in [0.717, 1.165) is 33.0 Å². The number of hydrogen-bond donors (Lipinski definition) is 1. The number of fused-ring (bicyclic) bond motifs is 1. The van der Waals surface area contributed by atoms with Crippen LogP contribution in [0.2, 0.25) is 4.47 Å². The number of nitrogens with one attached hydrogen (secondary N) is 1. The largest absolute Gasteiger partial charge is 0.494 e. The Morgan fingerprint density at radius 2 is 1.92 bits per heavy atom. The van der Waals surface area contributed by atoms with Crippen molar-refractivity contribution in [3.63, 3.8) is 0 Å². The van der Waals surface area contributed by atoms with Crippen molar-refractivity contribution < 1.29 is 4.74 Å². The quantitative estimate of drug-likeness (QED) is 0.527. The van der Waals surface area contributed by atoms with Gasteiger partial charge in [0, 0.05) is 16.8 Å². The summed E-state index contributed by atoms with van der Waals surface area (Å²) < 4.78 is 6.02. The zero-order chi connectivity index (χ0) is 17.9. The maximum atomic E-state index is 5.86. The van der Waals surface area contributed by atoms with E-state index in [1.54, 1.807) is 11.0 Å². The molecule has 0 fully saturated rings. The Hall–Kier alpha value is -2.64. The topological polar surface area (TPSA) is 64.9 Å². The van der Waals surface area contributed by atoms with Crippen molar-refractivity contribution in [2.45, 2.75) is 13.5 Å². The summed E-state index contributed by atoms with van der Waals surface area (Å²) in [5.74, 6) is 0.836. The van der Waals surface area contributed by atoms with Crippen LogP contribution >= 0.6 is 22.9 Å². The third kappa shape index (κ3) is 3.63. The number of rotatable bonds is 6. The van der Waals surface area contributed by atoms with E-state index in [1.807, 2.05) is 49.4 Å². The molecule has 0 bridgehead atoms. The molecule has 0 amide bonds. The van der Waals surface area contributed by atoms with Crippen molar-refractivity contribution in [3.8, 4) is 11.4 Å². The fraction of sp³-hybridized carbons (Fsp3) is 0.167. The van der Waals surface area contributed by atoms with Crippen LogP contribution in [-0.2, 0) is 6.54 Å². The van der Waals surface area contributed by atoms with Gasteiger partial charge in [0.05, 0.1) is 18.8 Å². The van der Waals surface area contributed by atoms with Gasteiger partial charge in [-0.3, -0.25) is 0 Å². The Morgan fingerprint density at radius 1 is 1.12 bits per heavy atom. The molecule has 2 aromatic carbocycles. The van der Waals surface area contributed by atoms with Crippen LogP contribution < -0.4 is 10.1 Å². The van der Waals surface area contributed by atoms with Gasteiger partial charge in [-0.1, -0.05) is 11.6 Å². The molecule has 8 heteroatoms. The van der Waals surface area contributed by atoms with Crippen LogP contribution in [0.5, 0.6) is 5.75 Å². The zero-order valence-corrected chi connectivity index (χ0v) is 15.6. The second-order valence-electron chi connectivity index (χ2n) is 5.55. The lowest BCUT2D eigenvalue weighted by molar-refractivity contribution is 0.340. The first-order valence-corrected chi connectivity index (χ1v) is 9.35. The average molecular weight is 386 g/mol. The normalized spacial score (nSPS) is 11.0. The maximum absolute atomic E-state index is 5.86. The van der Waals surface area contributed by atoms with Crippen LogP contribution in [0.15, 0.2) is 48.7 Å². The number of aromatic nitrogens is 4. The van der Waals surface area contributed by atoms with E-state index >= 15 is 0 Å². The molecule has 0 aliphatic heterocycles. The van der Waals surface area contributed by atoms with Crippen molar-refractivity contribution >= 4 is 39.7 Å². The van der Waals surface area contributed by atoms with E-state index in [-0.39, 0.29) is 0 Å². The third-order valence-electron chi connectivity index (χ3n) is 3.75. The molecule has 2 aromatic heterocycles. The smallest absolute Gasteiger partial charge is 0.183 e. The molecule has 0 saturated carbocycles. The molecular formula is C18H16ClN5OS. The Labute approximate surface area is 159 Å². The van der Waals surface area contributed by atoms with E-state index < -0.39 is 0 Å². The van der Waals surface area contributed by atoms with Crippen molar-refractivity contribution in [2.24, 2.45) is 0 Å². The minimum atomic E-state index is 0.551. The molecule has 0 aliphatic carbocycles. The maximum Gasteiger partial charge on any atom is 0.183 e. The Kier molecular flexibility index (Phi) is 4.73. The van der Waals surface area contributed by atoms with E-state index in [0.29, 0.717) is 17.6 Å². The summed E-state index contributed by atoms with van der Waals surface area (Å²) in [7, 11) is 0. The molecule has 2 heterocycles. The first-order valence-electron chi connectivity index (χ1n) is 8.15. The van der Waals surface area contributed by atoms with Gasteiger partial charge < -0.3 is 10.1 Å². The van der Waals surface area contributed by atoms with Gasteiger partial charge in [-0.25, -0.2) is 4.98 Å². The summed E-state index contributed by atoms with van der Waals surface area (Å²) in [4.78, 5) is 6.75. The number of nitrogens with zero attached hydrogens (tertiary/aromatic N) is 4. The van der Waals surface area contributed by atoms with Crippen LogP contribution in [0, 0.1) is 0 Å². The lowest BCUT2D eigenvalue weighted by atomic mass is 10.3. The number of halogens is 1. The van der Waals surface area contributed by atoms with Gasteiger partial charge in [0.25, 0.3) is 0 Å². The zero-order valence-electron chi connectivity index (χ0n) is 14.0. The number of anilines is 1. The molecule has 0 spiro atoms. The SMILES string of the molecule is CCOc1ccc(-n2nc3ccc(NCc4cnc(Cl)s4)cc3n2)cc1. The molecule has 0 radical (unpaired) electrons. The number of thiazole rings is 1. The first-order chi connectivity index (χ1) is 12.7. The fourth-order valence-corrected chi connectivity index (χ4v) is 3.45. The highest BCUT2D eigenvalue weighted by Crippen LogP contribution is 2.22. The van der Waals surface area contributed by atoms with Crippen molar-refractivity contribution in [1.29, 1.82) is 0 Å². The summed E-state index contributed by atoms with van der Waals surface area (Å²) in [5, 5.41) is 12.5. The van der Waals surface area contributed by atoms with Gasteiger partial charge in [-0.2, -0.15) is 4.80 Å². The Balaban J connectivity index is 1.53. The molecule has 4 aromatic rings. The van der Waals surface area contributed by atoms with Crippen molar-refractivity contribution in [2.75, 3.05) is 11.9 Å². The summed E-state index contributed by atoms with van der Waals surface area (Å²) in [6.45, 7) is 3.28. The van der Waals surface area contributed by atoms with E-state index in [1.165, 1.54) is 11.3 Å². The predicted octanol–water partition coefficient (Wildman–Crippen LogP) is 4.54. The lowest BCUT2D eigenvalue weighted by Gasteiger charge is -2.03. The highest BCUT2D eigenvalue weighted by atomic mass is 35.5. The van der Waals surface area contributed by atoms with Gasteiger partial charge in [-0.15, -0.1) is 21.5 Å².